The number of rotatable bonds is 4. The highest BCUT2D eigenvalue weighted by molar-refractivity contribution is 7.80. The number of furan rings is 1. The summed E-state index contributed by atoms with van der Waals surface area (Å²) in [6.07, 6.45) is 2.59. The van der Waals surface area contributed by atoms with Crippen molar-refractivity contribution >= 4 is 17.3 Å². The molecule has 1 N–H and O–H groups in total. The number of benzene rings is 1. The first kappa shape index (κ1) is 15.7. The van der Waals surface area contributed by atoms with Crippen molar-refractivity contribution in [1.82, 2.24) is 10.2 Å². The van der Waals surface area contributed by atoms with Gasteiger partial charge in [0.1, 0.15) is 5.76 Å². The average molecular weight is 332 g/mol. The number of fused-ring (bicyclic) bond motifs is 1. The Labute approximate surface area is 141 Å². The van der Waals surface area contributed by atoms with Crippen LogP contribution >= 0.6 is 12.2 Å². The van der Waals surface area contributed by atoms with Crippen LogP contribution in [0.3, 0.4) is 0 Å². The Kier molecular flexibility index (Phi) is 4.71. The summed E-state index contributed by atoms with van der Waals surface area (Å²) in [5.74, 6) is 2.40. The number of ether oxygens (including phenoxy) is 2. The van der Waals surface area contributed by atoms with E-state index in [0.29, 0.717) is 6.54 Å². The third kappa shape index (κ3) is 3.42. The zero-order valence-corrected chi connectivity index (χ0v) is 14.1. The fourth-order valence-electron chi connectivity index (χ4n) is 2.74. The molecule has 2 heterocycles. The van der Waals surface area contributed by atoms with Crippen LogP contribution in [-0.2, 0) is 19.5 Å². The van der Waals surface area contributed by atoms with E-state index in [9.17, 15) is 0 Å². The average Bonchev–Trinajstić information content (AvgIpc) is 3.11. The first-order chi connectivity index (χ1) is 11.2. The molecule has 0 aliphatic carbocycles. The highest BCUT2D eigenvalue weighted by Gasteiger charge is 2.21. The van der Waals surface area contributed by atoms with Crippen LogP contribution in [0.15, 0.2) is 34.9 Å². The van der Waals surface area contributed by atoms with Crippen LogP contribution in [0.5, 0.6) is 11.5 Å². The molecule has 5 nitrogen and oxygen atoms in total. The van der Waals surface area contributed by atoms with E-state index < -0.39 is 0 Å². The van der Waals surface area contributed by atoms with Crippen LogP contribution in [0, 0.1) is 0 Å². The van der Waals surface area contributed by atoms with Crippen LogP contribution < -0.4 is 14.8 Å². The molecule has 0 atom stereocenters. The molecular weight excluding hydrogens is 312 g/mol. The Balaban J connectivity index is 1.68. The van der Waals surface area contributed by atoms with Crippen LogP contribution in [-0.4, -0.2) is 30.8 Å². The largest absolute Gasteiger partial charge is 0.493 e. The summed E-state index contributed by atoms with van der Waals surface area (Å²) in [7, 11) is 3.31. The molecule has 0 saturated carbocycles. The number of nitrogens with zero attached hydrogens (tertiary/aromatic N) is 1. The van der Waals surface area contributed by atoms with Gasteiger partial charge in [0.05, 0.1) is 27.0 Å². The molecule has 6 heteroatoms. The minimum absolute atomic E-state index is 0.598. The molecule has 1 aromatic heterocycles. The Bertz CT molecular complexity index is 685. The lowest BCUT2D eigenvalue weighted by molar-refractivity contribution is 0.347. The maximum atomic E-state index is 5.50. The number of hydrogen-bond donors (Lipinski definition) is 1. The van der Waals surface area contributed by atoms with E-state index >= 15 is 0 Å². The van der Waals surface area contributed by atoms with Gasteiger partial charge in [0.2, 0.25) is 0 Å². The van der Waals surface area contributed by atoms with Crippen molar-refractivity contribution in [2.24, 2.45) is 0 Å². The van der Waals surface area contributed by atoms with Crippen LogP contribution in [0.2, 0.25) is 0 Å². The van der Waals surface area contributed by atoms with Crippen molar-refractivity contribution < 1.29 is 13.9 Å². The Morgan fingerprint density at radius 1 is 1.26 bits per heavy atom. The quantitative estimate of drug-likeness (QED) is 0.869. The van der Waals surface area contributed by atoms with Gasteiger partial charge in [-0.1, -0.05) is 0 Å². The third-order valence-corrected chi connectivity index (χ3v) is 4.40. The maximum Gasteiger partial charge on any atom is 0.169 e. The zero-order chi connectivity index (χ0) is 16.2. The van der Waals surface area contributed by atoms with Gasteiger partial charge in [-0.25, -0.2) is 0 Å². The molecule has 0 radical (unpaired) electrons. The van der Waals surface area contributed by atoms with Gasteiger partial charge in [0, 0.05) is 13.1 Å². The van der Waals surface area contributed by atoms with E-state index in [1.54, 1.807) is 20.5 Å². The van der Waals surface area contributed by atoms with Crippen molar-refractivity contribution in [2.45, 2.75) is 19.5 Å². The molecule has 0 unspecified atom stereocenters. The van der Waals surface area contributed by atoms with Gasteiger partial charge in [-0.15, -0.1) is 0 Å². The fraction of sp³-hybridized carbons (Fsp3) is 0.353. The monoisotopic (exact) mass is 332 g/mol. The minimum Gasteiger partial charge on any atom is -0.493 e. The molecule has 0 saturated heterocycles. The highest BCUT2D eigenvalue weighted by Crippen LogP contribution is 2.33. The lowest BCUT2D eigenvalue weighted by Crippen LogP contribution is -2.42. The second kappa shape index (κ2) is 6.91. The SMILES string of the molecule is COc1cc2c(cc1OC)CN(C(=S)NCc1ccco1)CC2. The predicted molar refractivity (Wildman–Crippen MR) is 91.8 cm³/mol. The molecule has 1 aliphatic rings. The molecule has 0 bridgehead atoms. The third-order valence-electron chi connectivity index (χ3n) is 4.00. The Morgan fingerprint density at radius 3 is 2.65 bits per heavy atom. The minimum atomic E-state index is 0.598. The van der Waals surface area contributed by atoms with Gasteiger partial charge in [0.15, 0.2) is 16.6 Å². The van der Waals surface area contributed by atoms with Gasteiger partial charge in [-0.05, 0) is 54.0 Å². The summed E-state index contributed by atoms with van der Waals surface area (Å²) in [6.45, 7) is 2.24. The van der Waals surface area contributed by atoms with Crippen LogP contribution in [0.25, 0.3) is 0 Å². The molecule has 0 amide bonds. The summed E-state index contributed by atoms with van der Waals surface area (Å²) < 4.78 is 16.1. The summed E-state index contributed by atoms with van der Waals surface area (Å²) in [4.78, 5) is 2.16. The molecule has 1 aliphatic heterocycles. The van der Waals surface area contributed by atoms with Gasteiger partial charge < -0.3 is 24.1 Å². The standard InChI is InChI=1S/C17H20N2O3S/c1-20-15-8-12-5-6-19(11-13(12)9-16(15)21-2)17(23)18-10-14-4-3-7-22-14/h3-4,7-9H,5-6,10-11H2,1-2H3,(H,18,23). The normalized spacial score (nSPS) is 13.4. The van der Waals surface area contributed by atoms with E-state index in [4.69, 9.17) is 26.1 Å². The maximum absolute atomic E-state index is 5.50. The molecule has 122 valence electrons. The summed E-state index contributed by atoms with van der Waals surface area (Å²) in [5.41, 5.74) is 2.50. The van der Waals surface area contributed by atoms with Crippen molar-refractivity contribution in [3.05, 3.63) is 47.4 Å². The summed E-state index contributed by atoms with van der Waals surface area (Å²) in [5, 5.41) is 3.98. The first-order valence-electron chi connectivity index (χ1n) is 7.50. The molecular formula is C17H20N2O3S. The Morgan fingerprint density at radius 2 is 2.00 bits per heavy atom. The lowest BCUT2D eigenvalue weighted by atomic mass is 9.99. The number of hydrogen-bond acceptors (Lipinski definition) is 4. The van der Waals surface area contributed by atoms with Gasteiger partial charge in [-0.3, -0.25) is 0 Å². The summed E-state index contributed by atoms with van der Waals surface area (Å²) >= 11 is 5.50. The van der Waals surface area contributed by atoms with E-state index in [2.05, 4.69) is 16.3 Å². The zero-order valence-electron chi connectivity index (χ0n) is 13.3. The molecule has 3 rings (SSSR count). The van der Waals surface area contributed by atoms with Crippen molar-refractivity contribution in [3.8, 4) is 11.5 Å². The number of methoxy groups -OCH3 is 2. The van der Waals surface area contributed by atoms with E-state index in [1.165, 1.54) is 11.1 Å². The van der Waals surface area contributed by atoms with E-state index in [0.717, 1.165) is 41.9 Å². The van der Waals surface area contributed by atoms with Gasteiger partial charge >= 0.3 is 0 Å². The molecule has 0 fully saturated rings. The molecule has 23 heavy (non-hydrogen) atoms. The van der Waals surface area contributed by atoms with Crippen molar-refractivity contribution in [3.63, 3.8) is 0 Å². The van der Waals surface area contributed by atoms with Crippen molar-refractivity contribution in [2.75, 3.05) is 20.8 Å². The lowest BCUT2D eigenvalue weighted by Gasteiger charge is -2.31. The van der Waals surface area contributed by atoms with Crippen LogP contribution in [0.4, 0.5) is 0 Å². The second-order valence-electron chi connectivity index (χ2n) is 5.39. The van der Waals surface area contributed by atoms with Gasteiger partial charge in [0.25, 0.3) is 0 Å². The fourth-order valence-corrected chi connectivity index (χ4v) is 2.97. The number of thiocarbonyl (C=S) groups is 1. The first-order valence-corrected chi connectivity index (χ1v) is 7.91. The van der Waals surface area contributed by atoms with Crippen LogP contribution in [0.1, 0.15) is 16.9 Å². The van der Waals surface area contributed by atoms with E-state index in [-0.39, 0.29) is 0 Å². The Hall–Kier alpha value is -2.21. The molecule has 1 aromatic carbocycles. The highest BCUT2D eigenvalue weighted by atomic mass is 32.1. The predicted octanol–water partition coefficient (Wildman–Crippen LogP) is 2.73. The van der Waals surface area contributed by atoms with Gasteiger partial charge in [-0.2, -0.15) is 0 Å². The molecule has 2 aromatic rings. The number of nitrogens with one attached hydrogen (secondary N) is 1. The topological polar surface area (TPSA) is 46.9 Å². The second-order valence-corrected chi connectivity index (χ2v) is 5.77. The molecule has 0 spiro atoms. The van der Waals surface area contributed by atoms with Crippen molar-refractivity contribution in [1.29, 1.82) is 0 Å². The smallest absolute Gasteiger partial charge is 0.169 e. The summed E-state index contributed by atoms with van der Waals surface area (Å²) in [6, 6.07) is 7.90. The van der Waals surface area contributed by atoms with E-state index in [1.807, 2.05) is 18.2 Å².